The lowest BCUT2D eigenvalue weighted by Crippen LogP contribution is -2.26. The Morgan fingerprint density at radius 1 is 0.967 bits per heavy atom. The molecule has 8 heteroatoms. The highest BCUT2D eigenvalue weighted by molar-refractivity contribution is 7.92. The smallest absolute Gasteiger partial charge is 0.264 e. The second kappa shape index (κ2) is 9.19. The van der Waals surface area contributed by atoms with Gasteiger partial charge in [-0.25, -0.2) is 8.42 Å². The van der Waals surface area contributed by atoms with Gasteiger partial charge in [-0.05, 0) is 66.2 Å². The number of ether oxygens (including phenoxy) is 1. The Bertz CT molecular complexity index is 1110. The van der Waals surface area contributed by atoms with E-state index in [0.29, 0.717) is 22.1 Å². The normalized spacial score (nSPS) is 11.0. The molecule has 30 heavy (non-hydrogen) atoms. The van der Waals surface area contributed by atoms with Gasteiger partial charge in [-0.15, -0.1) is 0 Å². The van der Waals surface area contributed by atoms with E-state index in [1.54, 1.807) is 55.6 Å². The van der Waals surface area contributed by atoms with Gasteiger partial charge in [0.2, 0.25) is 5.91 Å². The third-order valence-electron chi connectivity index (χ3n) is 4.51. The number of rotatable bonds is 7. The van der Waals surface area contributed by atoms with Gasteiger partial charge in [0.05, 0.1) is 24.1 Å². The first-order chi connectivity index (χ1) is 14.3. The average molecular weight is 445 g/mol. The summed E-state index contributed by atoms with van der Waals surface area (Å²) in [6, 6.07) is 19.9. The van der Waals surface area contributed by atoms with Crippen LogP contribution in [0.25, 0.3) is 0 Å². The minimum atomic E-state index is -3.71. The summed E-state index contributed by atoms with van der Waals surface area (Å²) in [7, 11) is -0.646. The lowest BCUT2D eigenvalue weighted by atomic mass is 10.1. The summed E-state index contributed by atoms with van der Waals surface area (Å²) < 4.78 is 31.8. The third kappa shape index (κ3) is 5.11. The molecule has 156 valence electrons. The van der Waals surface area contributed by atoms with Crippen molar-refractivity contribution in [3.63, 3.8) is 0 Å². The topological polar surface area (TPSA) is 75.7 Å². The van der Waals surface area contributed by atoms with E-state index in [9.17, 15) is 13.2 Å². The van der Waals surface area contributed by atoms with Crippen molar-refractivity contribution < 1.29 is 17.9 Å². The molecule has 0 saturated heterocycles. The molecule has 0 aliphatic carbocycles. The zero-order chi connectivity index (χ0) is 21.7. The van der Waals surface area contributed by atoms with Gasteiger partial charge in [0.1, 0.15) is 5.75 Å². The van der Waals surface area contributed by atoms with Crippen LogP contribution in [-0.4, -0.2) is 28.5 Å². The van der Waals surface area contributed by atoms with Crippen LogP contribution in [0.1, 0.15) is 5.56 Å². The van der Waals surface area contributed by atoms with Gasteiger partial charge in [-0.3, -0.25) is 9.10 Å². The van der Waals surface area contributed by atoms with Crippen molar-refractivity contribution in [2.24, 2.45) is 0 Å². The van der Waals surface area contributed by atoms with Crippen molar-refractivity contribution >= 4 is 38.9 Å². The van der Waals surface area contributed by atoms with Gasteiger partial charge in [0, 0.05) is 17.8 Å². The number of anilines is 2. The minimum Gasteiger partial charge on any atom is -0.497 e. The predicted molar refractivity (Wildman–Crippen MR) is 119 cm³/mol. The highest BCUT2D eigenvalue weighted by Gasteiger charge is 2.21. The molecular formula is C22H21ClN2O4S. The molecule has 3 aromatic carbocycles. The van der Waals surface area contributed by atoms with E-state index in [0.717, 1.165) is 5.56 Å². The Kier molecular flexibility index (Phi) is 6.64. The van der Waals surface area contributed by atoms with Crippen molar-refractivity contribution in [2.75, 3.05) is 23.8 Å². The molecule has 0 unspecified atom stereocenters. The SMILES string of the molecule is COc1ccc(NC(=O)Cc2ccc(N(C)S(=O)(=O)c3ccc(Cl)cc3)cc2)cc1. The molecule has 0 aliphatic heterocycles. The van der Waals surface area contributed by atoms with Crippen molar-refractivity contribution in [2.45, 2.75) is 11.3 Å². The molecular weight excluding hydrogens is 424 g/mol. The summed E-state index contributed by atoms with van der Waals surface area (Å²) in [4.78, 5) is 12.4. The van der Waals surface area contributed by atoms with Gasteiger partial charge in [-0.1, -0.05) is 23.7 Å². The molecule has 0 bridgehead atoms. The van der Waals surface area contributed by atoms with E-state index < -0.39 is 10.0 Å². The van der Waals surface area contributed by atoms with E-state index in [4.69, 9.17) is 16.3 Å². The summed E-state index contributed by atoms with van der Waals surface area (Å²) in [5, 5.41) is 3.28. The molecule has 0 saturated carbocycles. The molecule has 0 aliphatic rings. The van der Waals surface area contributed by atoms with Gasteiger partial charge in [-0.2, -0.15) is 0 Å². The second-order valence-corrected chi connectivity index (χ2v) is 8.95. The highest BCUT2D eigenvalue weighted by Crippen LogP contribution is 2.24. The van der Waals surface area contributed by atoms with Gasteiger partial charge < -0.3 is 10.1 Å². The maximum absolute atomic E-state index is 12.8. The Morgan fingerprint density at radius 3 is 2.13 bits per heavy atom. The van der Waals surface area contributed by atoms with E-state index in [1.807, 2.05) is 0 Å². The van der Waals surface area contributed by atoms with E-state index in [-0.39, 0.29) is 17.2 Å². The lowest BCUT2D eigenvalue weighted by molar-refractivity contribution is -0.115. The summed E-state index contributed by atoms with van der Waals surface area (Å²) in [6.45, 7) is 0. The predicted octanol–water partition coefficient (Wildman–Crippen LogP) is 4.35. The Hall–Kier alpha value is -3.03. The molecule has 0 aromatic heterocycles. The number of amides is 1. The number of methoxy groups -OCH3 is 1. The fraction of sp³-hybridized carbons (Fsp3) is 0.136. The highest BCUT2D eigenvalue weighted by atomic mass is 35.5. The van der Waals surface area contributed by atoms with Gasteiger partial charge in [0.25, 0.3) is 10.0 Å². The summed E-state index contributed by atoms with van der Waals surface area (Å²) in [5.41, 5.74) is 1.93. The van der Waals surface area contributed by atoms with Crippen LogP contribution in [-0.2, 0) is 21.2 Å². The summed E-state index contributed by atoms with van der Waals surface area (Å²) >= 11 is 5.84. The quantitative estimate of drug-likeness (QED) is 0.587. The number of carbonyl (C=O) groups is 1. The maximum Gasteiger partial charge on any atom is 0.264 e. The zero-order valence-electron chi connectivity index (χ0n) is 16.5. The average Bonchev–Trinajstić information content (AvgIpc) is 2.74. The molecule has 0 atom stereocenters. The number of hydrogen-bond donors (Lipinski definition) is 1. The molecule has 1 N–H and O–H groups in total. The number of benzene rings is 3. The van der Waals surface area contributed by atoms with Gasteiger partial charge >= 0.3 is 0 Å². The monoisotopic (exact) mass is 444 g/mol. The first-order valence-electron chi connectivity index (χ1n) is 9.07. The van der Waals surface area contributed by atoms with E-state index >= 15 is 0 Å². The summed E-state index contributed by atoms with van der Waals surface area (Å²) in [6.07, 6.45) is 0.167. The molecule has 0 fully saturated rings. The molecule has 3 aromatic rings. The third-order valence-corrected chi connectivity index (χ3v) is 6.56. The number of sulfonamides is 1. The van der Waals surface area contributed by atoms with Crippen LogP contribution in [0.5, 0.6) is 5.75 Å². The first kappa shape index (κ1) is 21.7. The molecule has 0 radical (unpaired) electrons. The van der Waals surface area contributed by atoms with Crippen LogP contribution >= 0.6 is 11.6 Å². The number of halogens is 1. The van der Waals surface area contributed by atoms with Crippen LogP contribution in [0.2, 0.25) is 5.02 Å². The molecule has 6 nitrogen and oxygen atoms in total. The number of carbonyl (C=O) groups excluding carboxylic acids is 1. The molecule has 3 rings (SSSR count). The van der Waals surface area contributed by atoms with Crippen LogP contribution < -0.4 is 14.4 Å². The number of nitrogens with one attached hydrogen (secondary N) is 1. The van der Waals surface area contributed by atoms with Crippen molar-refractivity contribution in [3.8, 4) is 5.75 Å². The fourth-order valence-corrected chi connectivity index (χ4v) is 4.11. The zero-order valence-corrected chi connectivity index (χ0v) is 18.1. The fourth-order valence-electron chi connectivity index (χ4n) is 2.79. The van der Waals surface area contributed by atoms with E-state index in [2.05, 4.69) is 5.32 Å². The Morgan fingerprint density at radius 2 is 1.57 bits per heavy atom. The second-order valence-electron chi connectivity index (χ2n) is 6.55. The Labute approximate surface area is 181 Å². The minimum absolute atomic E-state index is 0.150. The maximum atomic E-state index is 12.8. The van der Waals surface area contributed by atoms with E-state index in [1.165, 1.54) is 35.6 Å². The van der Waals surface area contributed by atoms with Crippen molar-refractivity contribution in [1.82, 2.24) is 0 Å². The van der Waals surface area contributed by atoms with Crippen LogP contribution in [0.3, 0.4) is 0 Å². The first-order valence-corrected chi connectivity index (χ1v) is 10.9. The summed E-state index contributed by atoms with van der Waals surface area (Å²) in [5.74, 6) is 0.538. The molecule has 0 spiro atoms. The Balaban J connectivity index is 1.66. The molecule has 0 heterocycles. The van der Waals surface area contributed by atoms with Gasteiger partial charge in [0.15, 0.2) is 0 Å². The number of nitrogens with zero attached hydrogens (tertiary/aromatic N) is 1. The van der Waals surface area contributed by atoms with Crippen LogP contribution in [0.4, 0.5) is 11.4 Å². The lowest BCUT2D eigenvalue weighted by Gasteiger charge is -2.20. The van der Waals surface area contributed by atoms with Crippen LogP contribution in [0.15, 0.2) is 77.7 Å². The molecule has 1 amide bonds. The largest absolute Gasteiger partial charge is 0.497 e. The number of hydrogen-bond acceptors (Lipinski definition) is 4. The van der Waals surface area contributed by atoms with Crippen molar-refractivity contribution in [3.05, 3.63) is 83.4 Å². The standard InChI is InChI=1S/C22H21ClN2O4S/c1-25(30(27,28)21-13-5-17(23)6-14-21)19-9-3-16(4-10-19)15-22(26)24-18-7-11-20(29-2)12-8-18/h3-14H,15H2,1-2H3,(H,24,26). The van der Waals surface area contributed by atoms with Crippen LogP contribution in [0, 0.1) is 0 Å². The van der Waals surface area contributed by atoms with Crippen molar-refractivity contribution in [1.29, 1.82) is 0 Å².